The largest absolute Gasteiger partial charge is 0.389 e. The highest BCUT2D eigenvalue weighted by Gasteiger charge is 2.44. The maximum Gasteiger partial charge on any atom is 0.0975 e. The van der Waals surface area contributed by atoms with E-state index in [1.165, 1.54) is 16.7 Å². The van der Waals surface area contributed by atoms with E-state index in [-0.39, 0.29) is 0 Å². The van der Waals surface area contributed by atoms with Crippen LogP contribution in [-0.4, -0.2) is 34.2 Å². The second-order valence-corrected chi connectivity index (χ2v) is 9.08. The lowest BCUT2D eigenvalue weighted by Crippen LogP contribution is -2.52. The molecule has 0 spiro atoms. The SMILES string of the molecule is OC1CCN(C(c2ccccc2)(c2ccccc2)c2ccccc2)C/C1=C\c1cncs1. The highest BCUT2D eigenvalue weighted by atomic mass is 32.1. The summed E-state index contributed by atoms with van der Waals surface area (Å²) in [4.78, 5) is 7.80. The average molecular weight is 439 g/mol. The van der Waals surface area contributed by atoms with Crippen molar-refractivity contribution in [1.29, 1.82) is 0 Å². The fourth-order valence-corrected chi connectivity index (χ4v) is 5.45. The van der Waals surface area contributed by atoms with E-state index in [2.05, 4.69) is 107 Å². The molecular weight excluding hydrogens is 412 g/mol. The minimum atomic E-state index is -0.462. The molecule has 0 radical (unpaired) electrons. The van der Waals surface area contributed by atoms with E-state index in [1.807, 2.05) is 11.7 Å². The van der Waals surface area contributed by atoms with Crippen molar-refractivity contribution in [2.24, 2.45) is 0 Å². The highest BCUT2D eigenvalue weighted by Crippen LogP contribution is 2.44. The van der Waals surface area contributed by atoms with Gasteiger partial charge in [0.2, 0.25) is 0 Å². The van der Waals surface area contributed by atoms with Crippen LogP contribution < -0.4 is 0 Å². The van der Waals surface area contributed by atoms with Crippen LogP contribution in [0, 0.1) is 0 Å². The molecule has 0 saturated carbocycles. The molecule has 1 unspecified atom stereocenters. The third kappa shape index (κ3) is 3.82. The summed E-state index contributed by atoms with van der Waals surface area (Å²) >= 11 is 1.60. The smallest absolute Gasteiger partial charge is 0.0975 e. The zero-order chi connectivity index (χ0) is 21.8. The first kappa shape index (κ1) is 20.8. The lowest BCUT2D eigenvalue weighted by atomic mass is 9.74. The number of nitrogens with zero attached hydrogens (tertiary/aromatic N) is 2. The molecule has 0 amide bonds. The first-order chi connectivity index (χ1) is 15.8. The van der Waals surface area contributed by atoms with Crippen LogP contribution in [0.4, 0.5) is 0 Å². The molecule has 1 aliphatic heterocycles. The monoisotopic (exact) mass is 438 g/mol. The molecule has 1 aromatic heterocycles. The van der Waals surface area contributed by atoms with E-state index in [1.54, 1.807) is 11.3 Å². The van der Waals surface area contributed by atoms with Gasteiger partial charge in [0.1, 0.15) is 0 Å². The van der Waals surface area contributed by atoms with Crippen molar-refractivity contribution in [3.8, 4) is 0 Å². The van der Waals surface area contributed by atoms with Gasteiger partial charge >= 0.3 is 0 Å². The van der Waals surface area contributed by atoms with Crippen LogP contribution in [0.3, 0.4) is 0 Å². The van der Waals surface area contributed by atoms with Crippen LogP contribution in [0.25, 0.3) is 6.08 Å². The molecule has 5 rings (SSSR count). The van der Waals surface area contributed by atoms with E-state index >= 15 is 0 Å². The number of aliphatic hydroxyl groups excluding tert-OH is 1. The molecular formula is C28H26N2OS. The van der Waals surface area contributed by atoms with Crippen molar-refractivity contribution in [2.75, 3.05) is 13.1 Å². The molecule has 4 aromatic rings. The summed E-state index contributed by atoms with van der Waals surface area (Å²) in [5, 5.41) is 10.9. The van der Waals surface area contributed by atoms with E-state index in [0.29, 0.717) is 13.0 Å². The second-order valence-electron chi connectivity index (χ2n) is 8.16. The number of aliphatic hydroxyl groups is 1. The summed E-state index contributed by atoms with van der Waals surface area (Å²) in [6.45, 7) is 1.47. The summed E-state index contributed by atoms with van der Waals surface area (Å²) in [5.41, 5.74) is 6.09. The number of thiazole rings is 1. The molecule has 2 heterocycles. The fourth-order valence-electron chi connectivity index (χ4n) is 4.86. The normalized spacial score (nSPS) is 18.7. The number of hydrogen-bond donors (Lipinski definition) is 1. The predicted molar refractivity (Wildman–Crippen MR) is 131 cm³/mol. The Kier molecular flexibility index (Phi) is 5.99. The summed E-state index contributed by atoms with van der Waals surface area (Å²) < 4.78 is 0. The van der Waals surface area contributed by atoms with Gasteiger partial charge in [-0.15, -0.1) is 11.3 Å². The summed E-state index contributed by atoms with van der Waals surface area (Å²) in [6.07, 6.45) is 4.23. The molecule has 1 N–H and O–H groups in total. The Bertz CT molecular complexity index is 1060. The van der Waals surface area contributed by atoms with E-state index < -0.39 is 11.6 Å². The number of rotatable bonds is 5. The number of benzene rings is 3. The van der Waals surface area contributed by atoms with Gasteiger partial charge in [0.05, 0.1) is 17.2 Å². The Morgan fingerprint density at radius 2 is 1.38 bits per heavy atom. The number of likely N-dealkylation sites (tertiary alicyclic amines) is 1. The minimum Gasteiger partial charge on any atom is -0.389 e. The Morgan fingerprint density at radius 3 is 1.84 bits per heavy atom. The molecule has 32 heavy (non-hydrogen) atoms. The van der Waals surface area contributed by atoms with E-state index in [4.69, 9.17) is 0 Å². The Hall–Kier alpha value is -3.05. The number of hydrogen-bond acceptors (Lipinski definition) is 4. The Labute approximate surface area is 193 Å². The third-order valence-corrected chi connectivity index (χ3v) is 7.02. The van der Waals surface area contributed by atoms with Gasteiger partial charge in [0, 0.05) is 24.2 Å². The van der Waals surface area contributed by atoms with Gasteiger partial charge in [0.15, 0.2) is 0 Å². The highest BCUT2D eigenvalue weighted by molar-refractivity contribution is 7.10. The Morgan fingerprint density at radius 1 is 0.844 bits per heavy atom. The lowest BCUT2D eigenvalue weighted by Gasteiger charge is -2.48. The summed E-state index contributed by atoms with van der Waals surface area (Å²) in [6, 6.07) is 32.2. The molecule has 3 nitrogen and oxygen atoms in total. The minimum absolute atomic E-state index is 0.437. The van der Waals surface area contributed by atoms with Gasteiger partial charge in [-0.2, -0.15) is 0 Å². The van der Waals surface area contributed by atoms with Crippen molar-refractivity contribution < 1.29 is 5.11 Å². The van der Waals surface area contributed by atoms with Crippen molar-refractivity contribution in [3.63, 3.8) is 0 Å². The zero-order valence-electron chi connectivity index (χ0n) is 17.8. The van der Waals surface area contributed by atoms with Gasteiger partial charge in [-0.05, 0) is 34.8 Å². The van der Waals surface area contributed by atoms with Crippen LogP contribution in [-0.2, 0) is 5.54 Å². The molecule has 1 aliphatic rings. The molecule has 1 saturated heterocycles. The molecule has 160 valence electrons. The molecule has 1 atom stereocenters. The van der Waals surface area contributed by atoms with Crippen molar-refractivity contribution >= 4 is 17.4 Å². The van der Waals surface area contributed by atoms with Crippen LogP contribution in [0.2, 0.25) is 0 Å². The number of piperidine rings is 1. The zero-order valence-corrected chi connectivity index (χ0v) is 18.7. The van der Waals surface area contributed by atoms with Gasteiger partial charge < -0.3 is 5.11 Å². The molecule has 0 aliphatic carbocycles. The van der Waals surface area contributed by atoms with Gasteiger partial charge in [0.25, 0.3) is 0 Å². The summed E-state index contributed by atoms with van der Waals surface area (Å²) in [5.74, 6) is 0. The first-order valence-electron chi connectivity index (χ1n) is 11.0. The number of aromatic nitrogens is 1. The summed E-state index contributed by atoms with van der Waals surface area (Å²) in [7, 11) is 0. The van der Waals surface area contributed by atoms with Gasteiger partial charge in [-0.25, -0.2) is 0 Å². The third-order valence-electron chi connectivity index (χ3n) is 6.30. The molecule has 3 aromatic carbocycles. The molecule has 1 fully saturated rings. The van der Waals surface area contributed by atoms with Crippen LogP contribution in [0.1, 0.15) is 28.0 Å². The second kappa shape index (κ2) is 9.21. The van der Waals surface area contributed by atoms with Gasteiger partial charge in [-0.1, -0.05) is 91.0 Å². The maximum atomic E-state index is 10.9. The van der Waals surface area contributed by atoms with Crippen LogP contribution in [0.15, 0.2) is 108 Å². The van der Waals surface area contributed by atoms with Crippen molar-refractivity contribution in [2.45, 2.75) is 18.1 Å². The van der Waals surface area contributed by atoms with Crippen LogP contribution in [0.5, 0.6) is 0 Å². The quantitative estimate of drug-likeness (QED) is 0.413. The van der Waals surface area contributed by atoms with Gasteiger partial charge in [-0.3, -0.25) is 9.88 Å². The Balaban J connectivity index is 1.71. The topological polar surface area (TPSA) is 36.4 Å². The lowest BCUT2D eigenvalue weighted by molar-refractivity contribution is 0.0872. The first-order valence-corrected chi connectivity index (χ1v) is 11.8. The van der Waals surface area contributed by atoms with E-state index in [9.17, 15) is 5.11 Å². The molecule has 0 bridgehead atoms. The maximum absolute atomic E-state index is 10.9. The predicted octanol–water partition coefficient (Wildman–Crippen LogP) is 5.59. The van der Waals surface area contributed by atoms with Crippen molar-refractivity contribution in [1.82, 2.24) is 9.88 Å². The molecule has 4 heteroatoms. The average Bonchev–Trinajstić information content (AvgIpc) is 3.37. The standard InChI is InChI=1S/C28H26N2OS/c31-27-16-17-30(20-22(27)18-26-19-29-21-32-26)28(23-10-4-1-5-11-23,24-12-6-2-7-13-24)25-14-8-3-9-15-25/h1-15,18-19,21,27,31H,16-17,20H2/b22-18+. The fraction of sp³-hybridized carbons (Fsp3) is 0.179. The van der Waals surface area contributed by atoms with Crippen LogP contribution >= 0.6 is 11.3 Å². The van der Waals surface area contributed by atoms with E-state index in [0.717, 1.165) is 17.0 Å². The van der Waals surface area contributed by atoms with Crippen molar-refractivity contribution in [3.05, 3.63) is 130 Å².